The molecule has 0 saturated heterocycles. The Bertz CT molecular complexity index is 571. The number of aromatic hydroxyl groups is 2. The third-order valence-corrected chi connectivity index (χ3v) is 3.04. The molecule has 2 heteroatoms. The molecule has 2 nitrogen and oxygen atoms in total. The first-order chi connectivity index (χ1) is 7.99. The summed E-state index contributed by atoms with van der Waals surface area (Å²) in [5.74, 6) is 0.324. The van der Waals surface area contributed by atoms with E-state index in [0.717, 1.165) is 27.8 Å². The van der Waals surface area contributed by atoms with Crippen LogP contribution < -0.4 is 0 Å². The van der Waals surface area contributed by atoms with Gasteiger partial charge in [-0.25, -0.2) is 0 Å². The van der Waals surface area contributed by atoms with Crippen LogP contribution in [-0.4, -0.2) is 10.2 Å². The lowest BCUT2D eigenvalue weighted by Crippen LogP contribution is -1.88. The van der Waals surface area contributed by atoms with E-state index in [0.29, 0.717) is 0 Å². The van der Waals surface area contributed by atoms with Crippen LogP contribution in [0.5, 0.6) is 11.5 Å². The van der Waals surface area contributed by atoms with Gasteiger partial charge in [0.15, 0.2) is 0 Å². The molecule has 87 valence electrons. The first-order valence-electron chi connectivity index (χ1n) is 5.51. The lowest BCUT2D eigenvalue weighted by molar-refractivity contribution is 0.473. The quantitative estimate of drug-likeness (QED) is 0.782. The second-order valence-electron chi connectivity index (χ2n) is 4.37. The van der Waals surface area contributed by atoms with Crippen LogP contribution in [0.2, 0.25) is 0 Å². The lowest BCUT2D eigenvalue weighted by atomic mass is 9.96. The van der Waals surface area contributed by atoms with Crippen LogP contribution in [0.4, 0.5) is 0 Å². The van der Waals surface area contributed by atoms with E-state index in [-0.39, 0.29) is 11.5 Å². The van der Waals surface area contributed by atoms with Crippen molar-refractivity contribution < 1.29 is 10.2 Å². The van der Waals surface area contributed by atoms with Crippen molar-refractivity contribution in [2.24, 2.45) is 0 Å². The van der Waals surface area contributed by atoms with Gasteiger partial charge in [-0.1, -0.05) is 0 Å². The average Bonchev–Trinajstić information content (AvgIpc) is 2.27. The Hall–Kier alpha value is -1.96. The summed E-state index contributed by atoms with van der Waals surface area (Å²) >= 11 is 0. The number of phenols is 2. The molecule has 0 saturated carbocycles. The van der Waals surface area contributed by atoms with Crippen molar-refractivity contribution in [2.75, 3.05) is 0 Å². The number of benzene rings is 2. The maximum atomic E-state index is 9.99. The van der Waals surface area contributed by atoms with Crippen LogP contribution in [0.15, 0.2) is 24.3 Å². The summed E-state index contributed by atoms with van der Waals surface area (Å²) in [6.45, 7) is 5.89. The molecule has 0 bridgehead atoms. The van der Waals surface area contributed by atoms with E-state index in [1.54, 1.807) is 18.2 Å². The second-order valence-corrected chi connectivity index (χ2v) is 4.37. The summed E-state index contributed by atoms with van der Waals surface area (Å²) in [7, 11) is 0. The molecule has 0 heterocycles. The molecule has 0 aromatic heterocycles. The lowest BCUT2D eigenvalue weighted by Gasteiger charge is -2.11. The zero-order valence-corrected chi connectivity index (χ0v) is 10.2. The minimum absolute atomic E-state index is 0.0863. The minimum atomic E-state index is 0.0863. The highest BCUT2D eigenvalue weighted by molar-refractivity contribution is 5.75. The molecule has 0 unspecified atom stereocenters. The second kappa shape index (κ2) is 4.13. The van der Waals surface area contributed by atoms with E-state index in [2.05, 4.69) is 6.07 Å². The van der Waals surface area contributed by atoms with Crippen molar-refractivity contribution >= 4 is 0 Å². The van der Waals surface area contributed by atoms with Gasteiger partial charge in [0.25, 0.3) is 0 Å². The van der Waals surface area contributed by atoms with Gasteiger partial charge in [0.05, 0.1) is 0 Å². The van der Waals surface area contributed by atoms with Crippen molar-refractivity contribution in [3.8, 4) is 22.6 Å². The largest absolute Gasteiger partial charge is 0.507 e. The highest BCUT2D eigenvalue weighted by Crippen LogP contribution is 2.35. The fraction of sp³-hybridized carbons (Fsp3) is 0.200. The zero-order valence-electron chi connectivity index (χ0n) is 10.2. The van der Waals surface area contributed by atoms with E-state index < -0.39 is 0 Å². The molecular formula is C15H15O2. The van der Waals surface area contributed by atoms with E-state index in [4.69, 9.17) is 0 Å². The molecule has 1 radical (unpaired) electrons. The predicted molar refractivity (Wildman–Crippen MR) is 68.3 cm³/mol. The summed E-state index contributed by atoms with van der Waals surface area (Å²) in [5.41, 5.74) is 4.72. The molecule has 0 aliphatic rings. The van der Waals surface area contributed by atoms with Gasteiger partial charge in [-0.2, -0.15) is 0 Å². The number of hydrogen-bond acceptors (Lipinski definition) is 2. The Kier molecular flexibility index (Phi) is 2.80. The van der Waals surface area contributed by atoms with E-state index in [1.807, 2.05) is 26.8 Å². The van der Waals surface area contributed by atoms with E-state index in [1.165, 1.54) is 0 Å². The summed E-state index contributed by atoms with van der Waals surface area (Å²) in [6.07, 6.45) is 0. The summed E-state index contributed by atoms with van der Waals surface area (Å²) in [6, 6.07) is 9.76. The highest BCUT2D eigenvalue weighted by atomic mass is 16.3. The number of phenolic OH excluding ortho intramolecular Hbond substituents is 2. The molecule has 0 fully saturated rings. The Morgan fingerprint density at radius 1 is 0.824 bits per heavy atom. The van der Waals surface area contributed by atoms with Crippen molar-refractivity contribution in [3.05, 3.63) is 47.0 Å². The van der Waals surface area contributed by atoms with Gasteiger partial charge in [0, 0.05) is 11.6 Å². The first-order valence-corrected chi connectivity index (χ1v) is 5.51. The van der Waals surface area contributed by atoms with Gasteiger partial charge in [0.1, 0.15) is 11.5 Å². The molecule has 2 aromatic rings. The van der Waals surface area contributed by atoms with Gasteiger partial charge >= 0.3 is 0 Å². The van der Waals surface area contributed by atoms with Crippen molar-refractivity contribution in [1.29, 1.82) is 0 Å². The van der Waals surface area contributed by atoms with Crippen LogP contribution in [0.25, 0.3) is 11.1 Å². The van der Waals surface area contributed by atoms with Crippen molar-refractivity contribution in [3.63, 3.8) is 0 Å². The third-order valence-electron chi connectivity index (χ3n) is 3.04. The van der Waals surface area contributed by atoms with Crippen LogP contribution in [-0.2, 0) is 0 Å². The molecule has 0 atom stereocenters. The maximum absolute atomic E-state index is 9.99. The molecule has 2 aromatic carbocycles. The molecule has 0 aliphatic heterocycles. The summed E-state index contributed by atoms with van der Waals surface area (Å²) < 4.78 is 0. The molecule has 0 amide bonds. The summed E-state index contributed by atoms with van der Waals surface area (Å²) in [5, 5.41) is 19.5. The standard InChI is InChI=1S/C15H15O2/c1-9-4-5-12(16)8-13(9)14-6-10(2)11(3)7-15(14)17/h4,6-8,16-17H,1-3H3. The fourth-order valence-electron chi connectivity index (χ4n) is 1.86. The number of aryl methyl sites for hydroxylation is 3. The Morgan fingerprint density at radius 3 is 2.18 bits per heavy atom. The SMILES string of the molecule is Cc1cc(O)c(-c2cc(O)[c]cc2C)cc1C. The smallest absolute Gasteiger partial charge is 0.124 e. The third kappa shape index (κ3) is 2.11. The normalized spacial score (nSPS) is 10.5. The van der Waals surface area contributed by atoms with Gasteiger partial charge in [0.2, 0.25) is 0 Å². The van der Waals surface area contributed by atoms with Gasteiger partial charge in [-0.3, -0.25) is 0 Å². The van der Waals surface area contributed by atoms with Gasteiger partial charge in [-0.05, 0) is 67.3 Å². The Balaban J connectivity index is 2.68. The molecule has 17 heavy (non-hydrogen) atoms. The molecule has 2 N–H and O–H groups in total. The van der Waals surface area contributed by atoms with E-state index >= 15 is 0 Å². The topological polar surface area (TPSA) is 40.5 Å². The van der Waals surface area contributed by atoms with E-state index in [9.17, 15) is 10.2 Å². The monoisotopic (exact) mass is 227 g/mol. The van der Waals surface area contributed by atoms with Gasteiger partial charge in [-0.15, -0.1) is 0 Å². The highest BCUT2D eigenvalue weighted by Gasteiger charge is 2.10. The Labute approximate surface area is 101 Å². The molecule has 0 spiro atoms. The molecule has 2 rings (SSSR count). The van der Waals surface area contributed by atoms with Gasteiger partial charge < -0.3 is 10.2 Å². The molecular weight excluding hydrogens is 212 g/mol. The van der Waals surface area contributed by atoms with Crippen LogP contribution >= 0.6 is 0 Å². The van der Waals surface area contributed by atoms with Crippen molar-refractivity contribution in [1.82, 2.24) is 0 Å². The first kappa shape index (κ1) is 11.5. The maximum Gasteiger partial charge on any atom is 0.124 e. The molecule has 0 aliphatic carbocycles. The average molecular weight is 227 g/mol. The minimum Gasteiger partial charge on any atom is -0.507 e. The van der Waals surface area contributed by atoms with Crippen molar-refractivity contribution in [2.45, 2.75) is 20.8 Å². The number of rotatable bonds is 1. The summed E-state index contributed by atoms with van der Waals surface area (Å²) in [4.78, 5) is 0. The zero-order chi connectivity index (χ0) is 12.6. The number of hydrogen-bond donors (Lipinski definition) is 2. The fourth-order valence-corrected chi connectivity index (χ4v) is 1.86. The van der Waals surface area contributed by atoms with Crippen LogP contribution in [0, 0.1) is 26.8 Å². The van der Waals surface area contributed by atoms with Crippen LogP contribution in [0.3, 0.4) is 0 Å². The predicted octanol–water partition coefficient (Wildman–Crippen LogP) is 3.49. The Morgan fingerprint density at radius 2 is 1.47 bits per heavy atom. The van der Waals surface area contributed by atoms with Crippen LogP contribution in [0.1, 0.15) is 16.7 Å².